The Morgan fingerprint density at radius 2 is 2.03 bits per heavy atom. The maximum absolute atomic E-state index is 13.5. The number of hydrogen-bond donors (Lipinski definition) is 2. The van der Waals surface area contributed by atoms with Crippen LogP contribution in [0.15, 0.2) is 60.8 Å². The van der Waals surface area contributed by atoms with Crippen molar-refractivity contribution in [3.8, 4) is 11.5 Å². The van der Waals surface area contributed by atoms with Crippen molar-refractivity contribution in [2.75, 3.05) is 32.6 Å². The van der Waals surface area contributed by atoms with E-state index in [1.165, 1.54) is 10.9 Å². The van der Waals surface area contributed by atoms with Crippen LogP contribution in [0.5, 0.6) is 11.5 Å². The van der Waals surface area contributed by atoms with Gasteiger partial charge in [-0.25, -0.2) is 0 Å². The molecule has 2 amide bonds. The number of aromatic nitrogens is 1. The molecule has 2 bridgehead atoms. The number of rotatable bonds is 7. The Bertz CT molecular complexity index is 1350. The number of para-hydroxylation sites is 1. The first-order chi connectivity index (χ1) is 17.0. The fourth-order valence-electron chi connectivity index (χ4n) is 5.80. The third kappa shape index (κ3) is 3.39. The minimum atomic E-state index is -0.735. The van der Waals surface area contributed by atoms with Crippen molar-refractivity contribution in [2.24, 2.45) is 11.8 Å². The second-order valence-electron chi connectivity index (χ2n) is 9.33. The molecule has 3 aliphatic rings. The van der Waals surface area contributed by atoms with Crippen molar-refractivity contribution < 1.29 is 23.8 Å². The molecule has 4 heterocycles. The van der Waals surface area contributed by atoms with E-state index in [0.29, 0.717) is 30.3 Å². The molecule has 0 unspecified atom stereocenters. The number of carbonyl (C=O) groups is 2. The predicted molar refractivity (Wildman–Crippen MR) is 130 cm³/mol. The van der Waals surface area contributed by atoms with Crippen LogP contribution in [-0.2, 0) is 20.7 Å². The molecule has 8 nitrogen and oxygen atoms in total. The fourth-order valence-corrected chi connectivity index (χ4v) is 5.80. The molecule has 0 aliphatic carbocycles. The van der Waals surface area contributed by atoms with E-state index in [2.05, 4.69) is 16.4 Å². The molecule has 2 aromatic carbocycles. The van der Waals surface area contributed by atoms with Gasteiger partial charge in [-0.3, -0.25) is 9.59 Å². The molecule has 3 aliphatic heterocycles. The van der Waals surface area contributed by atoms with Gasteiger partial charge in [0.05, 0.1) is 38.7 Å². The second kappa shape index (κ2) is 8.16. The lowest BCUT2D eigenvalue weighted by molar-refractivity contribution is -0.135. The van der Waals surface area contributed by atoms with E-state index in [9.17, 15) is 9.59 Å². The lowest BCUT2D eigenvalue weighted by Crippen LogP contribution is -2.41. The summed E-state index contributed by atoms with van der Waals surface area (Å²) in [7, 11) is 3.11. The average molecular weight is 474 g/mol. The molecule has 35 heavy (non-hydrogen) atoms. The van der Waals surface area contributed by atoms with Crippen molar-refractivity contribution in [3.63, 3.8) is 0 Å². The van der Waals surface area contributed by atoms with Crippen LogP contribution in [0.2, 0.25) is 0 Å². The monoisotopic (exact) mass is 473 g/mol. The molecule has 1 aromatic heterocycles. The Kier molecular flexibility index (Phi) is 5.07. The number of aromatic amines is 1. The second-order valence-corrected chi connectivity index (χ2v) is 9.33. The number of carbonyl (C=O) groups excluding carboxylic acids is 2. The van der Waals surface area contributed by atoms with E-state index in [4.69, 9.17) is 14.2 Å². The van der Waals surface area contributed by atoms with E-state index in [1.54, 1.807) is 32.4 Å². The highest BCUT2D eigenvalue weighted by atomic mass is 16.5. The van der Waals surface area contributed by atoms with Gasteiger partial charge < -0.3 is 29.4 Å². The number of H-pyrrole nitrogens is 1. The van der Waals surface area contributed by atoms with Crippen molar-refractivity contribution in [3.05, 3.63) is 66.4 Å². The van der Waals surface area contributed by atoms with E-state index in [1.807, 2.05) is 41.4 Å². The van der Waals surface area contributed by atoms with Gasteiger partial charge in [0.25, 0.3) is 0 Å². The summed E-state index contributed by atoms with van der Waals surface area (Å²) < 4.78 is 16.9. The zero-order valence-corrected chi connectivity index (χ0v) is 19.6. The summed E-state index contributed by atoms with van der Waals surface area (Å²) in [5, 5.41) is 4.12. The minimum absolute atomic E-state index is 0.0239. The van der Waals surface area contributed by atoms with Crippen LogP contribution in [0.25, 0.3) is 10.9 Å². The zero-order valence-electron chi connectivity index (χ0n) is 19.6. The van der Waals surface area contributed by atoms with Gasteiger partial charge in [-0.05, 0) is 30.2 Å². The Balaban J connectivity index is 1.19. The smallest absolute Gasteiger partial charge is 0.231 e. The highest BCUT2D eigenvalue weighted by Gasteiger charge is 2.66. The molecule has 0 radical (unpaired) electrons. The largest absolute Gasteiger partial charge is 0.493 e. The molecule has 0 saturated carbocycles. The van der Waals surface area contributed by atoms with Gasteiger partial charge in [0.15, 0.2) is 11.5 Å². The normalized spacial score (nSPS) is 26.4. The topological polar surface area (TPSA) is 92.9 Å². The number of amides is 2. The van der Waals surface area contributed by atoms with Crippen LogP contribution in [0.3, 0.4) is 0 Å². The number of hydrogen-bond acceptors (Lipinski definition) is 5. The van der Waals surface area contributed by atoms with Crippen LogP contribution in [-0.4, -0.2) is 60.7 Å². The first kappa shape index (κ1) is 21.7. The van der Waals surface area contributed by atoms with Crippen molar-refractivity contribution in [1.29, 1.82) is 0 Å². The van der Waals surface area contributed by atoms with Gasteiger partial charge in [-0.2, -0.15) is 0 Å². The molecule has 2 fully saturated rings. The number of likely N-dealkylation sites (tertiary alicyclic amines) is 1. The van der Waals surface area contributed by atoms with Gasteiger partial charge in [0.1, 0.15) is 5.60 Å². The van der Waals surface area contributed by atoms with Crippen molar-refractivity contribution >= 4 is 28.4 Å². The SMILES string of the molecule is COc1ccc(NC(=O)[C@H]2[C@H]3C=C[C@@]4(CN(CCc5c[nH]c6ccccc56)C(=O)[C@@H]24)O3)cc1OC. The summed E-state index contributed by atoms with van der Waals surface area (Å²) >= 11 is 0. The number of fused-ring (bicyclic) bond motifs is 2. The number of anilines is 1. The van der Waals surface area contributed by atoms with Crippen LogP contribution in [0.4, 0.5) is 5.69 Å². The average Bonchev–Trinajstić information content (AvgIpc) is 3.62. The van der Waals surface area contributed by atoms with Gasteiger partial charge in [-0.15, -0.1) is 0 Å². The molecule has 180 valence electrons. The van der Waals surface area contributed by atoms with Gasteiger partial charge in [-0.1, -0.05) is 30.4 Å². The minimum Gasteiger partial charge on any atom is -0.493 e. The quantitative estimate of drug-likeness (QED) is 0.515. The number of benzene rings is 2. The number of ether oxygens (including phenoxy) is 3. The van der Waals surface area contributed by atoms with Crippen LogP contribution in [0.1, 0.15) is 5.56 Å². The molecule has 1 spiro atoms. The van der Waals surface area contributed by atoms with Crippen molar-refractivity contribution in [1.82, 2.24) is 9.88 Å². The lowest BCUT2D eigenvalue weighted by Gasteiger charge is -2.23. The Morgan fingerprint density at radius 3 is 2.86 bits per heavy atom. The van der Waals surface area contributed by atoms with Crippen molar-refractivity contribution in [2.45, 2.75) is 18.1 Å². The van der Waals surface area contributed by atoms with E-state index < -0.39 is 23.5 Å². The third-order valence-electron chi connectivity index (χ3n) is 7.46. The fraction of sp³-hybridized carbons (Fsp3) is 0.333. The lowest BCUT2D eigenvalue weighted by atomic mass is 9.77. The summed E-state index contributed by atoms with van der Waals surface area (Å²) in [6.07, 6.45) is 6.23. The summed E-state index contributed by atoms with van der Waals surface area (Å²) in [5.41, 5.74) is 2.10. The highest BCUT2D eigenvalue weighted by Crippen LogP contribution is 2.52. The number of methoxy groups -OCH3 is 2. The van der Waals surface area contributed by atoms with E-state index in [0.717, 1.165) is 11.9 Å². The molecule has 2 N–H and O–H groups in total. The van der Waals surface area contributed by atoms with Gasteiger partial charge in [0, 0.05) is 35.4 Å². The Morgan fingerprint density at radius 1 is 1.20 bits per heavy atom. The predicted octanol–water partition coefficient (Wildman–Crippen LogP) is 3.15. The summed E-state index contributed by atoms with van der Waals surface area (Å²) in [6, 6.07) is 13.3. The summed E-state index contributed by atoms with van der Waals surface area (Å²) in [6.45, 7) is 1.04. The summed E-state index contributed by atoms with van der Waals surface area (Å²) in [5.74, 6) is -0.271. The Labute approximate surface area is 202 Å². The maximum Gasteiger partial charge on any atom is 0.231 e. The first-order valence-corrected chi connectivity index (χ1v) is 11.8. The molecule has 8 heteroatoms. The molecular weight excluding hydrogens is 446 g/mol. The highest BCUT2D eigenvalue weighted by molar-refractivity contribution is 5.99. The van der Waals surface area contributed by atoms with Crippen LogP contribution >= 0.6 is 0 Å². The maximum atomic E-state index is 13.5. The van der Waals surface area contributed by atoms with E-state index >= 15 is 0 Å². The molecule has 3 aromatic rings. The number of nitrogens with one attached hydrogen (secondary N) is 2. The number of nitrogens with zero attached hydrogens (tertiary/aromatic N) is 1. The van der Waals surface area contributed by atoms with E-state index in [-0.39, 0.29) is 11.8 Å². The molecule has 2 saturated heterocycles. The van der Waals surface area contributed by atoms with Crippen LogP contribution in [0, 0.1) is 11.8 Å². The standard InChI is InChI=1S/C27H27N3O5/c1-33-20-8-7-17(13-22(20)34-2)29-25(31)23-21-9-11-27(35-21)15-30(26(32)24(23)27)12-10-16-14-28-19-6-4-3-5-18(16)19/h3-9,11,13-14,21,23-24,28H,10,12,15H2,1-2H3,(H,29,31)/t21-,23+,24-,27+/m1/s1. The van der Waals surface area contributed by atoms with Crippen LogP contribution < -0.4 is 14.8 Å². The first-order valence-electron chi connectivity index (χ1n) is 11.8. The molecule has 4 atom stereocenters. The molecular formula is C27H27N3O5. The third-order valence-corrected chi connectivity index (χ3v) is 7.46. The zero-order chi connectivity index (χ0) is 24.2. The summed E-state index contributed by atoms with van der Waals surface area (Å²) in [4.78, 5) is 32.0. The molecule has 6 rings (SSSR count). The van der Waals surface area contributed by atoms with Gasteiger partial charge >= 0.3 is 0 Å². The Hall–Kier alpha value is -3.78. The van der Waals surface area contributed by atoms with Gasteiger partial charge in [0.2, 0.25) is 11.8 Å².